The fraction of sp³-hybridized carbons (Fsp3) is 0.889. The second kappa shape index (κ2) is 4.77. The summed E-state index contributed by atoms with van der Waals surface area (Å²) in [5.74, 6) is -0.0432. The SMILES string of the molecule is CNC(=O)CCCS(=O)(=O)C(C)(C)C. The Morgan fingerprint density at radius 1 is 1.29 bits per heavy atom. The highest BCUT2D eigenvalue weighted by Crippen LogP contribution is 2.17. The maximum Gasteiger partial charge on any atom is 0.219 e. The normalized spacial score (nSPS) is 12.6. The number of hydrogen-bond donors (Lipinski definition) is 1. The van der Waals surface area contributed by atoms with Crippen LogP contribution in [0.2, 0.25) is 0 Å². The van der Waals surface area contributed by atoms with Crippen molar-refractivity contribution >= 4 is 15.7 Å². The summed E-state index contributed by atoms with van der Waals surface area (Å²) in [6, 6.07) is 0. The molecule has 1 amide bonds. The molecule has 0 saturated heterocycles. The first-order valence-corrected chi connectivity index (χ1v) is 6.29. The molecule has 0 aromatic heterocycles. The van der Waals surface area contributed by atoms with Crippen molar-refractivity contribution in [2.24, 2.45) is 0 Å². The molecule has 84 valence electrons. The van der Waals surface area contributed by atoms with Crippen molar-refractivity contribution in [2.75, 3.05) is 12.8 Å². The standard InChI is InChI=1S/C9H19NO3S/c1-9(2,3)14(12,13)7-5-6-8(11)10-4/h5-7H2,1-4H3,(H,10,11). The predicted molar refractivity (Wildman–Crippen MR) is 56.8 cm³/mol. The summed E-state index contributed by atoms with van der Waals surface area (Å²) >= 11 is 0. The molecule has 14 heavy (non-hydrogen) atoms. The molecule has 0 rings (SSSR count). The van der Waals surface area contributed by atoms with Gasteiger partial charge in [0, 0.05) is 13.5 Å². The third kappa shape index (κ3) is 4.09. The van der Waals surface area contributed by atoms with Crippen LogP contribution >= 0.6 is 0 Å². The number of carbonyl (C=O) groups excluding carboxylic acids is 1. The van der Waals surface area contributed by atoms with E-state index in [0.29, 0.717) is 6.42 Å². The van der Waals surface area contributed by atoms with Crippen LogP contribution in [-0.2, 0) is 14.6 Å². The van der Waals surface area contributed by atoms with E-state index in [0.717, 1.165) is 0 Å². The first kappa shape index (κ1) is 13.4. The molecule has 0 bridgehead atoms. The number of hydrogen-bond acceptors (Lipinski definition) is 3. The first-order valence-electron chi connectivity index (χ1n) is 4.63. The van der Waals surface area contributed by atoms with E-state index in [1.807, 2.05) is 0 Å². The van der Waals surface area contributed by atoms with Crippen LogP contribution in [0.4, 0.5) is 0 Å². The average Bonchev–Trinajstić information content (AvgIpc) is 2.01. The zero-order chi connectivity index (χ0) is 11.4. The van der Waals surface area contributed by atoms with Gasteiger partial charge in [-0.25, -0.2) is 8.42 Å². The van der Waals surface area contributed by atoms with Crippen molar-refractivity contribution in [3.63, 3.8) is 0 Å². The number of carbonyl (C=O) groups is 1. The number of nitrogens with one attached hydrogen (secondary N) is 1. The van der Waals surface area contributed by atoms with E-state index in [9.17, 15) is 13.2 Å². The Bertz CT molecular complexity index is 288. The zero-order valence-corrected chi connectivity index (χ0v) is 10.1. The summed E-state index contributed by atoms with van der Waals surface area (Å²) in [6.07, 6.45) is 0.658. The Labute approximate surface area is 86.0 Å². The van der Waals surface area contributed by atoms with E-state index in [1.165, 1.54) is 0 Å². The summed E-state index contributed by atoms with van der Waals surface area (Å²) < 4.78 is 22.5. The largest absolute Gasteiger partial charge is 0.359 e. The summed E-state index contributed by atoms with van der Waals surface area (Å²) in [5, 5.41) is 2.46. The van der Waals surface area contributed by atoms with Crippen molar-refractivity contribution in [1.82, 2.24) is 5.32 Å². The predicted octanol–water partition coefficient (Wildman–Crippen LogP) is 0.726. The van der Waals surface area contributed by atoms with Crippen LogP contribution in [0.5, 0.6) is 0 Å². The van der Waals surface area contributed by atoms with Crippen LogP contribution in [-0.4, -0.2) is 31.9 Å². The van der Waals surface area contributed by atoms with Gasteiger partial charge in [0.05, 0.1) is 10.5 Å². The van der Waals surface area contributed by atoms with Gasteiger partial charge in [0.1, 0.15) is 0 Å². The summed E-state index contributed by atoms with van der Waals surface area (Å²) in [4.78, 5) is 10.8. The van der Waals surface area contributed by atoms with Gasteiger partial charge in [-0.15, -0.1) is 0 Å². The van der Waals surface area contributed by atoms with Gasteiger partial charge in [0.25, 0.3) is 0 Å². The second-order valence-corrected chi connectivity index (χ2v) is 7.07. The van der Waals surface area contributed by atoms with E-state index >= 15 is 0 Å². The maximum atomic E-state index is 11.6. The molecule has 0 aliphatic heterocycles. The molecule has 0 aromatic rings. The molecular weight excluding hydrogens is 202 g/mol. The Morgan fingerprint density at radius 2 is 1.79 bits per heavy atom. The number of sulfone groups is 1. The minimum absolute atomic E-state index is 0.0733. The lowest BCUT2D eigenvalue weighted by Gasteiger charge is -2.18. The van der Waals surface area contributed by atoms with Gasteiger partial charge < -0.3 is 5.32 Å². The highest BCUT2D eigenvalue weighted by Gasteiger charge is 2.28. The molecule has 0 radical (unpaired) electrons. The molecule has 0 fully saturated rings. The minimum atomic E-state index is -3.08. The quantitative estimate of drug-likeness (QED) is 0.761. The maximum absolute atomic E-state index is 11.6. The van der Waals surface area contributed by atoms with Gasteiger partial charge in [0.2, 0.25) is 5.91 Å². The molecule has 4 nitrogen and oxygen atoms in total. The van der Waals surface area contributed by atoms with Crippen LogP contribution in [0, 0.1) is 0 Å². The summed E-state index contributed by atoms with van der Waals surface area (Å²) in [5.41, 5.74) is 0. The van der Waals surface area contributed by atoms with Crippen molar-refractivity contribution in [2.45, 2.75) is 38.4 Å². The average molecular weight is 221 g/mol. The molecule has 1 N–H and O–H groups in total. The Balaban J connectivity index is 4.10. The molecule has 5 heteroatoms. The van der Waals surface area contributed by atoms with E-state index in [1.54, 1.807) is 27.8 Å². The van der Waals surface area contributed by atoms with Crippen LogP contribution in [0.3, 0.4) is 0 Å². The lowest BCUT2D eigenvalue weighted by molar-refractivity contribution is -0.120. The molecule has 0 aromatic carbocycles. The minimum Gasteiger partial charge on any atom is -0.359 e. The van der Waals surface area contributed by atoms with Crippen LogP contribution in [0.25, 0.3) is 0 Å². The molecular formula is C9H19NO3S. The molecule has 0 aliphatic rings. The smallest absolute Gasteiger partial charge is 0.219 e. The summed E-state index contributed by atoms with van der Waals surface area (Å²) in [7, 11) is -1.54. The fourth-order valence-electron chi connectivity index (χ4n) is 0.854. The second-order valence-electron chi connectivity index (χ2n) is 4.21. The van der Waals surface area contributed by atoms with Crippen molar-refractivity contribution < 1.29 is 13.2 Å². The van der Waals surface area contributed by atoms with Gasteiger partial charge in [0.15, 0.2) is 9.84 Å². The van der Waals surface area contributed by atoms with Gasteiger partial charge in [-0.1, -0.05) is 0 Å². The molecule has 0 aliphatic carbocycles. The lowest BCUT2D eigenvalue weighted by Crippen LogP contribution is -2.31. The molecule has 0 spiro atoms. The molecule has 0 unspecified atom stereocenters. The monoisotopic (exact) mass is 221 g/mol. The molecule has 0 saturated carbocycles. The highest BCUT2D eigenvalue weighted by molar-refractivity contribution is 7.92. The molecule has 0 atom stereocenters. The highest BCUT2D eigenvalue weighted by atomic mass is 32.2. The van der Waals surface area contributed by atoms with E-state index in [-0.39, 0.29) is 18.1 Å². The van der Waals surface area contributed by atoms with Crippen LogP contribution in [0.1, 0.15) is 33.6 Å². The zero-order valence-electron chi connectivity index (χ0n) is 9.25. The van der Waals surface area contributed by atoms with Gasteiger partial charge >= 0.3 is 0 Å². The van der Waals surface area contributed by atoms with Crippen LogP contribution < -0.4 is 5.32 Å². The number of amides is 1. The Morgan fingerprint density at radius 3 is 2.14 bits per heavy atom. The Hall–Kier alpha value is -0.580. The third-order valence-electron chi connectivity index (χ3n) is 2.03. The van der Waals surface area contributed by atoms with Gasteiger partial charge in [-0.3, -0.25) is 4.79 Å². The van der Waals surface area contributed by atoms with Crippen LogP contribution in [0.15, 0.2) is 0 Å². The lowest BCUT2D eigenvalue weighted by atomic mass is 10.3. The Kier molecular flexibility index (Phi) is 4.58. The van der Waals surface area contributed by atoms with E-state index < -0.39 is 14.6 Å². The van der Waals surface area contributed by atoms with Crippen molar-refractivity contribution in [1.29, 1.82) is 0 Å². The van der Waals surface area contributed by atoms with E-state index in [2.05, 4.69) is 5.32 Å². The van der Waals surface area contributed by atoms with Crippen molar-refractivity contribution in [3.8, 4) is 0 Å². The molecule has 0 heterocycles. The van der Waals surface area contributed by atoms with Crippen molar-refractivity contribution in [3.05, 3.63) is 0 Å². The number of rotatable bonds is 4. The fourth-order valence-corrected chi connectivity index (χ4v) is 1.99. The summed E-state index contributed by atoms with van der Waals surface area (Å²) in [6.45, 7) is 5.01. The van der Waals surface area contributed by atoms with Gasteiger partial charge in [-0.2, -0.15) is 0 Å². The first-order chi connectivity index (χ1) is 6.20. The topological polar surface area (TPSA) is 63.2 Å². The van der Waals surface area contributed by atoms with E-state index in [4.69, 9.17) is 0 Å². The van der Waals surface area contributed by atoms with Gasteiger partial charge in [-0.05, 0) is 27.2 Å². The third-order valence-corrected chi connectivity index (χ3v) is 4.72.